The van der Waals surface area contributed by atoms with Crippen LogP contribution in [-0.2, 0) is 0 Å². The van der Waals surface area contributed by atoms with Gasteiger partial charge in [-0.25, -0.2) is 9.78 Å². The van der Waals surface area contributed by atoms with Gasteiger partial charge in [0, 0.05) is 28.9 Å². The van der Waals surface area contributed by atoms with E-state index < -0.39 is 5.63 Å². The van der Waals surface area contributed by atoms with E-state index in [1.165, 1.54) is 17.4 Å². The molecular weight excluding hydrogens is 312 g/mol. The number of hydrogen-bond acceptors (Lipinski definition) is 5. The van der Waals surface area contributed by atoms with Crippen LogP contribution in [0.1, 0.15) is 21.7 Å². The summed E-state index contributed by atoms with van der Waals surface area (Å²) in [6, 6.07) is 8.77. The van der Waals surface area contributed by atoms with Gasteiger partial charge in [0.1, 0.15) is 10.8 Å². The molecule has 0 saturated carbocycles. The molecule has 0 bridgehead atoms. The van der Waals surface area contributed by atoms with Crippen molar-refractivity contribution in [1.29, 1.82) is 0 Å². The van der Waals surface area contributed by atoms with Crippen LogP contribution in [0, 0.1) is 13.8 Å². The second-order valence-electron chi connectivity index (χ2n) is 5.05. The lowest BCUT2D eigenvalue weighted by atomic mass is 10.1. The van der Waals surface area contributed by atoms with Crippen LogP contribution in [0.25, 0.3) is 10.6 Å². The van der Waals surface area contributed by atoms with Crippen LogP contribution in [0.15, 0.2) is 51.1 Å². The Bertz CT molecular complexity index is 888. The van der Waals surface area contributed by atoms with E-state index >= 15 is 0 Å². The van der Waals surface area contributed by atoms with Crippen LogP contribution in [0.5, 0.6) is 0 Å². The Hall–Kier alpha value is -2.73. The number of nitrogens with one attached hydrogen (secondary N) is 1. The SMILES string of the molecule is Cc1cc(=O)oc(C)c1C(=O)Nc1cccc(-c2nccs2)c1. The van der Waals surface area contributed by atoms with E-state index in [9.17, 15) is 9.59 Å². The maximum Gasteiger partial charge on any atom is 0.336 e. The number of amides is 1. The lowest BCUT2D eigenvalue weighted by Crippen LogP contribution is -2.17. The lowest BCUT2D eigenvalue weighted by Gasteiger charge is -2.09. The molecule has 3 aromatic rings. The van der Waals surface area contributed by atoms with Gasteiger partial charge in [-0.05, 0) is 31.5 Å². The molecule has 3 rings (SSSR count). The Morgan fingerprint density at radius 3 is 2.78 bits per heavy atom. The summed E-state index contributed by atoms with van der Waals surface area (Å²) in [7, 11) is 0. The van der Waals surface area contributed by atoms with E-state index in [0.717, 1.165) is 10.6 Å². The van der Waals surface area contributed by atoms with Crippen molar-refractivity contribution in [3.05, 3.63) is 69.2 Å². The smallest absolute Gasteiger partial charge is 0.336 e. The first-order valence-electron chi connectivity index (χ1n) is 6.97. The lowest BCUT2D eigenvalue weighted by molar-refractivity contribution is 0.102. The van der Waals surface area contributed by atoms with Gasteiger partial charge in [-0.2, -0.15) is 0 Å². The van der Waals surface area contributed by atoms with E-state index in [1.54, 1.807) is 26.1 Å². The molecule has 116 valence electrons. The normalized spacial score (nSPS) is 10.5. The van der Waals surface area contributed by atoms with Gasteiger partial charge in [0.05, 0.1) is 5.56 Å². The maximum absolute atomic E-state index is 12.5. The van der Waals surface area contributed by atoms with Gasteiger partial charge in [-0.1, -0.05) is 12.1 Å². The predicted molar refractivity (Wildman–Crippen MR) is 90.0 cm³/mol. The predicted octanol–water partition coefficient (Wildman–Crippen LogP) is 3.63. The molecule has 1 aromatic carbocycles. The molecular formula is C17H14N2O3S. The molecule has 0 radical (unpaired) electrons. The third-order valence-electron chi connectivity index (χ3n) is 3.36. The second-order valence-corrected chi connectivity index (χ2v) is 5.95. The monoisotopic (exact) mass is 326 g/mol. The highest BCUT2D eigenvalue weighted by Crippen LogP contribution is 2.25. The quantitative estimate of drug-likeness (QED) is 0.797. The molecule has 0 atom stereocenters. The minimum absolute atomic E-state index is 0.306. The van der Waals surface area contributed by atoms with Gasteiger partial charge in [-0.15, -0.1) is 11.3 Å². The fourth-order valence-corrected chi connectivity index (χ4v) is 3.02. The third-order valence-corrected chi connectivity index (χ3v) is 4.18. The third kappa shape index (κ3) is 3.22. The van der Waals surface area contributed by atoms with Gasteiger partial charge < -0.3 is 9.73 Å². The van der Waals surface area contributed by atoms with E-state index in [2.05, 4.69) is 10.3 Å². The van der Waals surface area contributed by atoms with Crippen molar-refractivity contribution in [3.63, 3.8) is 0 Å². The maximum atomic E-state index is 12.5. The number of aromatic nitrogens is 1. The highest BCUT2D eigenvalue weighted by atomic mass is 32.1. The van der Waals surface area contributed by atoms with Gasteiger partial charge in [0.15, 0.2) is 0 Å². The number of aryl methyl sites for hydroxylation is 2. The molecule has 2 aromatic heterocycles. The van der Waals surface area contributed by atoms with E-state index in [1.807, 2.05) is 23.6 Å². The summed E-state index contributed by atoms with van der Waals surface area (Å²) in [6.07, 6.45) is 1.74. The van der Waals surface area contributed by atoms with E-state index in [0.29, 0.717) is 22.6 Å². The number of hydrogen-bond donors (Lipinski definition) is 1. The first-order chi connectivity index (χ1) is 11.0. The number of thiazole rings is 1. The minimum atomic E-state index is -0.456. The fraction of sp³-hybridized carbons (Fsp3) is 0.118. The van der Waals surface area contributed by atoms with Crippen LogP contribution >= 0.6 is 11.3 Å². The summed E-state index contributed by atoms with van der Waals surface area (Å²) in [6.45, 7) is 3.32. The average Bonchev–Trinajstić information content (AvgIpc) is 3.00. The standard InChI is InChI=1S/C17H14N2O3S/c1-10-8-14(20)22-11(2)15(10)16(21)19-13-5-3-4-12(9-13)17-18-6-7-23-17/h3-9H,1-2H3,(H,19,21). The molecule has 6 heteroatoms. The highest BCUT2D eigenvalue weighted by molar-refractivity contribution is 7.13. The molecule has 23 heavy (non-hydrogen) atoms. The summed E-state index contributed by atoms with van der Waals surface area (Å²) >= 11 is 1.53. The Balaban J connectivity index is 1.89. The number of nitrogens with zero attached hydrogens (tertiary/aromatic N) is 1. The summed E-state index contributed by atoms with van der Waals surface area (Å²) < 4.78 is 5.01. The molecule has 0 spiro atoms. The van der Waals surface area contributed by atoms with Crippen molar-refractivity contribution in [1.82, 2.24) is 4.98 Å². The van der Waals surface area contributed by atoms with Crippen molar-refractivity contribution in [2.75, 3.05) is 5.32 Å². The van der Waals surface area contributed by atoms with Gasteiger partial charge in [0.2, 0.25) is 0 Å². The molecule has 1 N–H and O–H groups in total. The molecule has 0 saturated heterocycles. The molecule has 0 aliphatic carbocycles. The number of carbonyl (C=O) groups excluding carboxylic acids is 1. The fourth-order valence-electron chi connectivity index (χ4n) is 2.39. The molecule has 0 aliphatic rings. The van der Waals surface area contributed by atoms with Crippen LogP contribution < -0.4 is 10.9 Å². The second kappa shape index (κ2) is 6.18. The molecule has 0 unspecified atom stereocenters. The number of anilines is 1. The Labute approximate surface area is 136 Å². The number of rotatable bonds is 3. The van der Waals surface area contributed by atoms with Gasteiger partial charge in [0.25, 0.3) is 5.91 Å². The van der Waals surface area contributed by atoms with Crippen molar-refractivity contribution in [3.8, 4) is 10.6 Å². The molecule has 5 nitrogen and oxygen atoms in total. The molecule has 2 heterocycles. The minimum Gasteiger partial charge on any atom is -0.427 e. The van der Waals surface area contributed by atoms with Gasteiger partial charge in [-0.3, -0.25) is 4.79 Å². The first kappa shape index (κ1) is 15.2. The molecule has 1 amide bonds. The number of carbonyl (C=O) groups is 1. The van der Waals surface area contributed by atoms with Crippen LogP contribution in [0.3, 0.4) is 0 Å². The zero-order valence-electron chi connectivity index (χ0n) is 12.6. The first-order valence-corrected chi connectivity index (χ1v) is 7.85. The van der Waals surface area contributed by atoms with Crippen LogP contribution in [0.2, 0.25) is 0 Å². The topological polar surface area (TPSA) is 72.2 Å². The van der Waals surface area contributed by atoms with E-state index in [4.69, 9.17) is 4.42 Å². The average molecular weight is 326 g/mol. The number of benzene rings is 1. The van der Waals surface area contributed by atoms with Crippen molar-refractivity contribution in [2.24, 2.45) is 0 Å². The Morgan fingerprint density at radius 2 is 2.09 bits per heavy atom. The zero-order chi connectivity index (χ0) is 16.4. The highest BCUT2D eigenvalue weighted by Gasteiger charge is 2.15. The van der Waals surface area contributed by atoms with E-state index in [-0.39, 0.29) is 5.91 Å². The summed E-state index contributed by atoms with van der Waals surface area (Å²) in [5, 5.41) is 5.63. The summed E-state index contributed by atoms with van der Waals surface area (Å²) in [5.74, 6) is 0.00335. The zero-order valence-corrected chi connectivity index (χ0v) is 13.4. The molecule has 0 fully saturated rings. The summed E-state index contributed by atoms with van der Waals surface area (Å²) in [4.78, 5) is 28.1. The van der Waals surface area contributed by atoms with Crippen molar-refractivity contribution < 1.29 is 9.21 Å². The van der Waals surface area contributed by atoms with Gasteiger partial charge >= 0.3 is 5.63 Å². The molecule has 0 aliphatic heterocycles. The summed E-state index contributed by atoms with van der Waals surface area (Å²) in [5.41, 5.74) is 2.11. The van der Waals surface area contributed by atoms with Crippen molar-refractivity contribution in [2.45, 2.75) is 13.8 Å². The Morgan fingerprint density at radius 1 is 1.26 bits per heavy atom. The largest absolute Gasteiger partial charge is 0.427 e. The Kier molecular flexibility index (Phi) is 4.08. The van der Waals surface area contributed by atoms with Crippen LogP contribution in [-0.4, -0.2) is 10.9 Å². The van der Waals surface area contributed by atoms with Crippen molar-refractivity contribution >= 4 is 22.9 Å². The van der Waals surface area contributed by atoms with Crippen LogP contribution in [0.4, 0.5) is 5.69 Å².